The minimum absolute atomic E-state index is 1.41. The topological polar surface area (TPSA) is 0 Å². The van der Waals surface area contributed by atoms with E-state index in [2.05, 4.69) is 0 Å². The van der Waals surface area contributed by atoms with Gasteiger partial charge >= 0.3 is 0 Å². The van der Waals surface area contributed by atoms with Crippen LogP contribution in [0.3, 0.4) is 0 Å². The fraction of sp³-hybridized carbons (Fsp3) is 0.778. The van der Waals surface area contributed by atoms with Crippen molar-refractivity contribution in [3.05, 3.63) is 22.3 Å². The van der Waals surface area contributed by atoms with Crippen molar-refractivity contribution in [1.82, 2.24) is 0 Å². The highest BCUT2D eigenvalue weighted by atomic mass is 14.3. The van der Waals surface area contributed by atoms with Crippen LogP contribution in [0.1, 0.15) is 89.9 Å². The van der Waals surface area contributed by atoms with Gasteiger partial charge < -0.3 is 0 Å². The monoisotopic (exact) mass is 244 g/mol. The van der Waals surface area contributed by atoms with Crippen LogP contribution >= 0.6 is 0 Å². The molecule has 3 rings (SSSR count). The smallest absolute Gasteiger partial charge is 0.0276 e. The highest BCUT2D eigenvalue weighted by Crippen LogP contribution is 2.41. The number of rotatable bonds is 0. The van der Waals surface area contributed by atoms with Crippen LogP contribution in [0.15, 0.2) is 22.3 Å². The molecule has 3 fully saturated rings. The normalized spacial score (nSPS) is 26.7. The molecule has 0 aromatic rings. The molecule has 0 N–H and O–H groups in total. The van der Waals surface area contributed by atoms with E-state index in [1.54, 1.807) is 0 Å². The molecule has 100 valence electrons. The maximum atomic E-state index is 1.87. The van der Waals surface area contributed by atoms with Crippen molar-refractivity contribution in [3.63, 3.8) is 0 Å². The first-order valence-corrected chi connectivity index (χ1v) is 8.37. The van der Waals surface area contributed by atoms with Gasteiger partial charge in [-0.15, -0.1) is 0 Å². The first kappa shape index (κ1) is 12.5. The van der Waals surface area contributed by atoms with Gasteiger partial charge in [0.25, 0.3) is 0 Å². The second kappa shape index (κ2) is 6.08. The summed E-state index contributed by atoms with van der Waals surface area (Å²) in [7, 11) is 0. The van der Waals surface area contributed by atoms with Gasteiger partial charge in [0.15, 0.2) is 0 Å². The summed E-state index contributed by atoms with van der Waals surface area (Å²) in [5.74, 6) is 0. The highest BCUT2D eigenvalue weighted by Gasteiger charge is 2.21. The third kappa shape index (κ3) is 2.73. The van der Waals surface area contributed by atoms with Gasteiger partial charge in [-0.1, -0.05) is 24.0 Å². The molecule has 0 heterocycles. The second-order valence-electron chi connectivity index (χ2n) is 6.49. The highest BCUT2D eigenvalue weighted by molar-refractivity contribution is 5.41. The number of hydrogen-bond donors (Lipinski definition) is 0. The van der Waals surface area contributed by atoms with Crippen LogP contribution in [0.2, 0.25) is 0 Å². The molecule has 0 aromatic heterocycles. The molecule has 0 radical (unpaired) electrons. The Morgan fingerprint density at radius 2 is 0.667 bits per heavy atom. The van der Waals surface area contributed by atoms with E-state index in [0.717, 1.165) is 0 Å². The van der Waals surface area contributed by atoms with E-state index in [1.165, 1.54) is 89.9 Å². The quantitative estimate of drug-likeness (QED) is 0.484. The molecule has 0 heteroatoms. The van der Waals surface area contributed by atoms with Gasteiger partial charge in [-0.05, 0) is 88.2 Å². The molecule has 0 amide bonds. The van der Waals surface area contributed by atoms with Crippen molar-refractivity contribution in [2.75, 3.05) is 0 Å². The Morgan fingerprint density at radius 3 is 1.06 bits per heavy atom. The minimum atomic E-state index is 1.41. The lowest BCUT2D eigenvalue weighted by Gasteiger charge is -2.29. The summed E-state index contributed by atoms with van der Waals surface area (Å²) in [6, 6.07) is 0. The molecule has 18 heavy (non-hydrogen) atoms. The molecule has 3 aliphatic carbocycles. The Balaban J connectivity index is 1.89. The predicted molar refractivity (Wildman–Crippen MR) is 78.7 cm³/mol. The second-order valence-corrected chi connectivity index (χ2v) is 6.49. The lowest BCUT2D eigenvalue weighted by atomic mass is 9.77. The molecule has 3 aliphatic rings. The van der Waals surface area contributed by atoms with E-state index in [9.17, 15) is 0 Å². The minimum Gasteiger partial charge on any atom is -0.0667 e. The third-order valence-corrected chi connectivity index (χ3v) is 5.24. The van der Waals surface area contributed by atoms with E-state index >= 15 is 0 Å². The molecule has 3 saturated carbocycles. The van der Waals surface area contributed by atoms with Gasteiger partial charge in [-0.2, -0.15) is 0 Å². The van der Waals surface area contributed by atoms with Crippen LogP contribution in [0.4, 0.5) is 0 Å². The lowest BCUT2D eigenvalue weighted by molar-refractivity contribution is 0.560. The summed E-state index contributed by atoms with van der Waals surface area (Å²) in [4.78, 5) is 0. The van der Waals surface area contributed by atoms with Crippen LogP contribution in [-0.4, -0.2) is 0 Å². The maximum absolute atomic E-state index is 1.87. The summed E-state index contributed by atoms with van der Waals surface area (Å²) >= 11 is 0. The molecular formula is C18H28. The average Bonchev–Trinajstić information content (AvgIpc) is 2.49. The van der Waals surface area contributed by atoms with Crippen molar-refractivity contribution in [2.24, 2.45) is 0 Å². The van der Waals surface area contributed by atoms with Crippen LogP contribution < -0.4 is 0 Å². The van der Waals surface area contributed by atoms with Crippen molar-refractivity contribution >= 4 is 0 Å². The van der Waals surface area contributed by atoms with Gasteiger partial charge in [-0.25, -0.2) is 0 Å². The largest absolute Gasteiger partial charge is 0.0667 e. The van der Waals surface area contributed by atoms with E-state index in [1.807, 2.05) is 22.3 Å². The van der Waals surface area contributed by atoms with Gasteiger partial charge in [0.05, 0.1) is 0 Å². The van der Waals surface area contributed by atoms with Crippen LogP contribution in [0.25, 0.3) is 0 Å². The fourth-order valence-corrected chi connectivity index (χ4v) is 4.25. The van der Waals surface area contributed by atoms with Gasteiger partial charge in [0.1, 0.15) is 0 Å². The predicted octanol–water partition coefficient (Wildman–Crippen LogP) is 6.08. The zero-order chi connectivity index (χ0) is 12.2. The standard InChI is InChI=1S/C18H28/c1-3-9-15(10-4-1)17-13-7-8-14-18(17)16-11-5-2-6-12-16/h1-14H2. The molecule has 0 bridgehead atoms. The van der Waals surface area contributed by atoms with Crippen molar-refractivity contribution in [1.29, 1.82) is 0 Å². The number of hydrogen-bond acceptors (Lipinski definition) is 0. The first-order chi connectivity index (χ1) is 8.95. The first-order valence-electron chi connectivity index (χ1n) is 8.37. The number of allylic oxidation sites excluding steroid dienone is 4. The van der Waals surface area contributed by atoms with Crippen LogP contribution in [0.5, 0.6) is 0 Å². The molecule has 0 atom stereocenters. The Hall–Kier alpha value is -0.520. The lowest BCUT2D eigenvalue weighted by Crippen LogP contribution is -2.09. The Morgan fingerprint density at radius 1 is 0.333 bits per heavy atom. The van der Waals surface area contributed by atoms with Gasteiger partial charge in [0, 0.05) is 0 Å². The molecule has 0 nitrogen and oxygen atoms in total. The summed E-state index contributed by atoms with van der Waals surface area (Å²) in [5, 5.41) is 0. The van der Waals surface area contributed by atoms with E-state index in [4.69, 9.17) is 0 Å². The summed E-state index contributed by atoms with van der Waals surface area (Å²) < 4.78 is 0. The molecule has 0 aliphatic heterocycles. The average molecular weight is 244 g/mol. The zero-order valence-electron chi connectivity index (χ0n) is 11.9. The molecular weight excluding hydrogens is 216 g/mol. The van der Waals surface area contributed by atoms with Gasteiger partial charge in [0.2, 0.25) is 0 Å². The SMILES string of the molecule is C1CCC(=C2CCCCC2=C2CCCCC2)CC1. The summed E-state index contributed by atoms with van der Waals surface area (Å²) in [5.41, 5.74) is 7.46. The fourth-order valence-electron chi connectivity index (χ4n) is 4.25. The van der Waals surface area contributed by atoms with Crippen LogP contribution in [-0.2, 0) is 0 Å². The maximum Gasteiger partial charge on any atom is -0.0276 e. The van der Waals surface area contributed by atoms with E-state index < -0.39 is 0 Å². The van der Waals surface area contributed by atoms with E-state index in [-0.39, 0.29) is 0 Å². The van der Waals surface area contributed by atoms with Crippen molar-refractivity contribution in [2.45, 2.75) is 89.9 Å². The van der Waals surface area contributed by atoms with Gasteiger partial charge in [-0.3, -0.25) is 0 Å². The summed E-state index contributed by atoms with van der Waals surface area (Å²) in [6.07, 6.45) is 20.2. The Labute approximate surface area is 113 Å². The van der Waals surface area contributed by atoms with Crippen LogP contribution in [0, 0.1) is 0 Å². The van der Waals surface area contributed by atoms with E-state index in [0.29, 0.717) is 0 Å². The summed E-state index contributed by atoms with van der Waals surface area (Å²) in [6.45, 7) is 0. The zero-order valence-corrected chi connectivity index (χ0v) is 11.9. The Kier molecular flexibility index (Phi) is 4.23. The Bertz CT molecular complexity index is 304. The molecule has 0 saturated heterocycles. The molecule has 0 spiro atoms. The molecule has 0 aromatic carbocycles. The van der Waals surface area contributed by atoms with Crippen molar-refractivity contribution < 1.29 is 0 Å². The third-order valence-electron chi connectivity index (χ3n) is 5.24. The van der Waals surface area contributed by atoms with Crippen molar-refractivity contribution in [3.8, 4) is 0 Å². The molecule has 0 unspecified atom stereocenters.